The van der Waals surface area contributed by atoms with Crippen molar-refractivity contribution in [2.45, 2.75) is 0 Å². The summed E-state index contributed by atoms with van der Waals surface area (Å²) in [7, 11) is 0. The first-order valence-corrected chi connectivity index (χ1v) is 2.15. The van der Waals surface area contributed by atoms with Gasteiger partial charge in [0, 0.05) is 0 Å². The molecular weight excluding hydrogens is 103 g/mol. The van der Waals surface area contributed by atoms with Gasteiger partial charge in [0.25, 0.3) is 0 Å². The summed E-state index contributed by atoms with van der Waals surface area (Å²) in [6.45, 7) is 0. The van der Waals surface area contributed by atoms with Crippen molar-refractivity contribution in [3.05, 3.63) is 11.6 Å². The molecule has 0 amide bonds. The lowest BCUT2D eigenvalue weighted by Gasteiger charge is -1.57. The van der Waals surface area contributed by atoms with Crippen molar-refractivity contribution in [3.63, 3.8) is 0 Å². The second-order valence-corrected chi connectivity index (χ2v) is 1.30. The van der Waals surface area contributed by atoms with Crippen molar-refractivity contribution < 1.29 is 4.39 Å². The highest BCUT2D eigenvalue weighted by Crippen LogP contribution is 1.87. The molecule has 0 N–H and O–H groups in total. The molecule has 1 rings (SSSR count). The maximum absolute atomic E-state index is 11.5. The van der Waals surface area contributed by atoms with Crippen LogP contribution in [0.4, 0.5) is 4.39 Å². The maximum Gasteiger partial charge on any atom is 0.320 e. The van der Waals surface area contributed by atoms with Gasteiger partial charge in [-0.15, -0.1) is 4.37 Å². The quantitative estimate of drug-likeness (QED) is 0.483. The Morgan fingerprint density at radius 1 is 1.83 bits per heavy atom. The topological polar surface area (TPSA) is 25.8 Å². The summed E-state index contributed by atoms with van der Waals surface area (Å²) in [4.78, 5) is 3.16. The van der Waals surface area contributed by atoms with Gasteiger partial charge in [-0.2, -0.15) is 9.37 Å². The Morgan fingerprint density at radius 2 is 2.67 bits per heavy atom. The van der Waals surface area contributed by atoms with Gasteiger partial charge < -0.3 is 0 Å². The molecule has 0 spiro atoms. The van der Waals surface area contributed by atoms with E-state index < -0.39 is 6.08 Å². The van der Waals surface area contributed by atoms with Gasteiger partial charge in [0.1, 0.15) is 5.51 Å². The fraction of sp³-hybridized carbons (Fsp3) is 0. The van der Waals surface area contributed by atoms with Crippen LogP contribution in [0.25, 0.3) is 0 Å². The smallest absolute Gasteiger partial charge is 0.198 e. The minimum atomic E-state index is -0.639. The molecule has 0 atom stereocenters. The van der Waals surface area contributed by atoms with Gasteiger partial charge in [0.15, 0.2) is 0 Å². The average Bonchev–Trinajstić information content (AvgIpc) is 1.86. The number of hydrogen-bond acceptors (Lipinski definition) is 3. The zero-order chi connectivity index (χ0) is 4.41. The van der Waals surface area contributed by atoms with E-state index in [1.807, 2.05) is 0 Å². The molecule has 1 aromatic heterocycles. The van der Waals surface area contributed by atoms with Crippen molar-refractivity contribution in [1.82, 2.24) is 9.36 Å². The standard InChI is InChI=1S/C2HFN2S/c3-2-4-1-6-5-2/h1H. The van der Waals surface area contributed by atoms with Gasteiger partial charge in [-0.1, -0.05) is 0 Å². The summed E-state index contributed by atoms with van der Waals surface area (Å²) in [5.41, 5.74) is 1.34. The van der Waals surface area contributed by atoms with Crippen LogP contribution in [0.2, 0.25) is 0 Å². The van der Waals surface area contributed by atoms with Crippen molar-refractivity contribution in [2.75, 3.05) is 0 Å². The molecule has 0 unspecified atom stereocenters. The van der Waals surface area contributed by atoms with Crippen LogP contribution in [-0.4, -0.2) is 9.36 Å². The van der Waals surface area contributed by atoms with Crippen LogP contribution in [-0.2, 0) is 0 Å². The largest absolute Gasteiger partial charge is 0.320 e. The Kier molecular flexibility index (Phi) is 0.795. The molecule has 1 aromatic rings. The summed E-state index contributed by atoms with van der Waals surface area (Å²) < 4.78 is 14.6. The first-order chi connectivity index (χ1) is 2.89. The second kappa shape index (κ2) is 1.30. The summed E-state index contributed by atoms with van der Waals surface area (Å²) in [5, 5.41) is 0. The number of nitrogens with zero attached hydrogens (tertiary/aromatic N) is 2. The van der Waals surface area contributed by atoms with Crippen LogP contribution < -0.4 is 0 Å². The van der Waals surface area contributed by atoms with Gasteiger partial charge in [-0.25, -0.2) is 0 Å². The third-order valence-electron chi connectivity index (χ3n) is 0.334. The van der Waals surface area contributed by atoms with E-state index in [0.29, 0.717) is 0 Å². The summed E-state index contributed by atoms with van der Waals surface area (Å²) in [6.07, 6.45) is -0.639. The Labute approximate surface area is 37.8 Å². The van der Waals surface area contributed by atoms with E-state index in [0.717, 1.165) is 11.5 Å². The zero-order valence-corrected chi connectivity index (χ0v) is 3.57. The molecule has 32 valence electrons. The van der Waals surface area contributed by atoms with Gasteiger partial charge >= 0.3 is 6.08 Å². The Balaban J connectivity index is 3.05. The normalized spacial score (nSPS) is 8.83. The first-order valence-electron chi connectivity index (χ1n) is 1.31. The lowest BCUT2D eigenvalue weighted by Crippen LogP contribution is -1.67. The minimum absolute atomic E-state index is 0.639. The van der Waals surface area contributed by atoms with E-state index >= 15 is 0 Å². The van der Waals surface area contributed by atoms with Crippen LogP contribution in [0.1, 0.15) is 0 Å². The lowest BCUT2D eigenvalue weighted by molar-refractivity contribution is 0.556. The molecule has 4 heteroatoms. The highest BCUT2D eigenvalue weighted by Gasteiger charge is 1.84. The third kappa shape index (κ3) is 0.514. The first kappa shape index (κ1) is 3.67. The van der Waals surface area contributed by atoms with Gasteiger partial charge in [0.2, 0.25) is 0 Å². The summed E-state index contributed by atoms with van der Waals surface area (Å²) in [6, 6.07) is 0. The van der Waals surface area contributed by atoms with Crippen LogP contribution in [0.3, 0.4) is 0 Å². The minimum Gasteiger partial charge on any atom is -0.198 e. The van der Waals surface area contributed by atoms with E-state index in [1.165, 1.54) is 5.51 Å². The summed E-state index contributed by atoms with van der Waals surface area (Å²) in [5.74, 6) is 0. The molecule has 0 aliphatic rings. The third-order valence-corrected chi connectivity index (χ3v) is 0.790. The Morgan fingerprint density at radius 3 is 2.83 bits per heavy atom. The molecule has 0 aliphatic carbocycles. The van der Waals surface area contributed by atoms with Crippen LogP contribution in [0, 0.1) is 6.08 Å². The SMILES string of the molecule is Fc1ncsn1. The molecule has 0 aromatic carbocycles. The van der Waals surface area contributed by atoms with Crippen molar-refractivity contribution in [1.29, 1.82) is 0 Å². The Hall–Kier alpha value is -0.510. The van der Waals surface area contributed by atoms with Crippen molar-refractivity contribution in [3.8, 4) is 0 Å². The number of aromatic nitrogens is 2. The van der Waals surface area contributed by atoms with E-state index in [9.17, 15) is 4.39 Å². The fourth-order valence-corrected chi connectivity index (χ4v) is 0.473. The Bertz CT molecular complexity index is 115. The van der Waals surface area contributed by atoms with Crippen molar-refractivity contribution in [2.24, 2.45) is 0 Å². The molecule has 0 saturated heterocycles. The number of rotatable bonds is 0. The molecule has 2 nitrogen and oxygen atoms in total. The van der Waals surface area contributed by atoms with Crippen molar-refractivity contribution >= 4 is 11.5 Å². The van der Waals surface area contributed by atoms with Gasteiger partial charge in [-0.05, 0) is 11.5 Å². The van der Waals surface area contributed by atoms with Gasteiger partial charge in [-0.3, -0.25) is 0 Å². The van der Waals surface area contributed by atoms with Crippen LogP contribution in [0.15, 0.2) is 5.51 Å². The molecule has 6 heavy (non-hydrogen) atoms. The second-order valence-electron chi connectivity index (χ2n) is 0.700. The molecule has 0 radical (unpaired) electrons. The van der Waals surface area contributed by atoms with E-state index in [4.69, 9.17) is 0 Å². The van der Waals surface area contributed by atoms with Crippen LogP contribution in [0.5, 0.6) is 0 Å². The molecule has 0 aliphatic heterocycles. The highest BCUT2D eigenvalue weighted by molar-refractivity contribution is 7.03. The lowest BCUT2D eigenvalue weighted by atomic mass is 11.3. The zero-order valence-electron chi connectivity index (χ0n) is 2.76. The fourth-order valence-electron chi connectivity index (χ4n) is 0.158. The number of halogens is 1. The highest BCUT2D eigenvalue weighted by atomic mass is 32.1. The summed E-state index contributed by atoms with van der Waals surface area (Å²) >= 11 is 1.00. The van der Waals surface area contributed by atoms with E-state index in [-0.39, 0.29) is 0 Å². The van der Waals surface area contributed by atoms with Gasteiger partial charge in [0.05, 0.1) is 0 Å². The predicted molar refractivity (Wildman–Crippen MR) is 19.9 cm³/mol. The molecule has 0 fully saturated rings. The maximum atomic E-state index is 11.5. The monoisotopic (exact) mass is 104 g/mol. The molecule has 1 heterocycles. The van der Waals surface area contributed by atoms with E-state index in [1.54, 1.807) is 0 Å². The van der Waals surface area contributed by atoms with Crippen LogP contribution >= 0.6 is 11.5 Å². The number of hydrogen-bond donors (Lipinski definition) is 0. The molecule has 0 saturated carbocycles. The predicted octanol–water partition coefficient (Wildman–Crippen LogP) is 0.677. The average molecular weight is 104 g/mol. The molecular formula is C2HFN2S. The van der Waals surface area contributed by atoms with E-state index in [2.05, 4.69) is 9.36 Å². The molecule has 0 bridgehead atoms.